The van der Waals surface area contributed by atoms with Gasteiger partial charge < -0.3 is 15.2 Å². The largest absolute Gasteiger partial charge is 0.490 e. The highest BCUT2D eigenvalue weighted by molar-refractivity contribution is 5.61. The van der Waals surface area contributed by atoms with Crippen molar-refractivity contribution in [2.24, 2.45) is 11.8 Å². The smallest absolute Gasteiger partial charge is 0.123 e. The van der Waals surface area contributed by atoms with Crippen molar-refractivity contribution in [3.63, 3.8) is 0 Å². The molecular formula is C19H21FN2O2. The van der Waals surface area contributed by atoms with Gasteiger partial charge in [0.25, 0.3) is 0 Å². The Morgan fingerprint density at radius 2 is 1.83 bits per heavy atom. The van der Waals surface area contributed by atoms with Gasteiger partial charge in [-0.05, 0) is 38.1 Å². The number of aliphatic hydroxyl groups is 1. The van der Waals surface area contributed by atoms with Gasteiger partial charge in [0.15, 0.2) is 0 Å². The van der Waals surface area contributed by atoms with Crippen LogP contribution in [0.1, 0.15) is 19.5 Å². The SMILES string of the molecule is CC(C)(O)c1cc(OC2[C@H]3CNC[C@@H]23)cc(-c2ccc(F)cc2)n1. The van der Waals surface area contributed by atoms with Crippen LogP contribution in [-0.2, 0) is 5.60 Å². The maximum absolute atomic E-state index is 13.2. The molecule has 1 saturated carbocycles. The molecule has 126 valence electrons. The number of halogens is 1. The van der Waals surface area contributed by atoms with Gasteiger partial charge in [0.1, 0.15) is 23.3 Å². The van der Waals surface area contributed by atoms with Crippen molar-refractivity contribution >= 4 is 0 Å². The molecule has 2 heterocycles. The van der Waals surface area contributed by atoms with E-state index in [4.69, 9.17) is 4.74 Å². The third-order valence-corrected chi connectivity index (χ3v) is 4.85. The third kappa shape index (κ3) is 2.89. The molecule has 2 fully saturated rings. The Bertz CT molecular complexity index is 745. The zero-order valence-corrected chi connectivity index (χ0v) is 13.8. The van der Waals surface area contributed by atoms with Crippen molar-refractivity contribution in [1.82, 2.24) is 10.3 Å². The number of benzene rings is 1. The van der Waals surface area contributed by atoms with Crippen LogP contribution in [0.2, 0.25) is 0 Å². The molecule has 0 amide bonds. The molecule has 0 bridgehead atoms. The van der Waals surface area contributed by atoms with Gasteiger partial charge in [0.05, 0.1) is 11.4 Å². The van der Waals surface area contributed by atoms with Crippen LogP contribution in [0.25, 0.3) is 11.3 Å². The van der Waals surface area contributed by atoms with Gasteiger partial charge in [-0.15, -0.1) is 0 Å². The Balaban J connectivity index is 1.67. The van der Waals surface area contributed by atoms with E-state index in [2.05, 4.69) is 10.3 Å². The first kappa shape index (κ1) is 15.5. The molecule has 4 rings (SSSR count). The first-order valence-corrected chi connectivity index (χ1v) is 8.30. The molecule has 0 spiro atoms. The number of piperidine rings is 1. The minimum Gasteiger partial charge on any atom is -0.490 e. The fourth-order valence-corrected chi connectivity index (χ4v) is 3.35. The number of ether oxygens (including phenoxy) is 1. The lowest BCUT2D eigenvalue weighted by atomic mass is 10.0. The van der Waals surface area contributed by atoms with Crippen molar-refractivity contribution in [1.29, 1.82) is 0 Å². The third-order valence-electron chi connectivity index (χ3n) is 4.85. The lowest BCUT2D eigenvalue weighted by molar-refractivity contribution is 0.0735. The second-order valence-electron chi connectivity index (χ2n) is 7.21. The van der Waals surface area contributed by atoms with Crippen LogP contribution >= 0.6 is 0 Å². The molecule has 2 N–H and O–H groups in total. The fourth-order valence-electron chi connectivity index (χ4n) is 3.35. The first-order valence-electron chi connectivity index (χ1n) is 8.30. The monoisotopic (exact) mass is 328 g/mol. The maximum Gasteiger partial charge on any atom is 0.123 e. The zero-order valence-electron chi connectivity index (χ0n) is 13.8. The standard InChI is InChI=1S/C19H21FN2O2/c1-19(2,23)17-8-13(24-18-14-9-21-10-15(14)18)7-16(22-17)11-3-5-12(20)6-4-11/h3-8,14-15,18,21,23H,9-10H2,1-2H3/t14-,15+,18?. The average Bonchev–Trinajstić information content (AvgIpc) is 2.95. The second-order valence-corrected chi connectivity index (χ2v) is 7.21. The Morgan fingerprint density at radius 1 is 1.17 bits per heavy atom. The van der Waals surface area contributed by atoms with E-state index in [1.54, 1.807) is 32.0 Å². The lowest BCUT2D eigenvalue weighted by Gasteiger charge is -2.19. The molecule has 5 heteroatoms. The normalized spacial score (nSPS) is 25.4. The highest BCUT2D eigenvalue weighted by Crippen LogP contribution is 2.45. The summed E-state index contributed by atoms with van der Waals surface area (Å²) in [6, 6.07) is 9.85. The maximum atomic E-state index is 13.2. The van der Waals surface area contributed by atoms with Crippen molar-refractivity contribution in [3.05, 3.63) is 47.9 Å². The van der Waals surface area contributed by atoms with Gasteiger partial charge >= 0.3 is 0 Å². The van der Waals surface area contributed by atoms with Crippen molar-refractivity contribution in [3.8, 4) is 17.0 Å². The number of rotatable bonds is 4. The van der Waals surface area contributed by atoms with Gasteiger partial charge in [-0.1, -0.05) is 0 Å². The summed E-state index contributed by atoms with van der Waals surface area (Å²) in [6.07, 6.45) is 0.240. The van der Waals surface area contributed by atoms with E-state index in [1.165, 1.54) is 12.1 Å². The molecule has 1 aliphatic carbocycles. The molecule has 1 aromatic heterocycles. The van der Waals surface area contributed by atoms with Gasteiger partial charge in [-0.25, -0.2) is 9.37 Å². The van der Waals surface area contributed by atoms with Crippen LogP contribution in [0.15, 0.2) is 36.4 Å². The van der Waals surface area contributed by atoms with Crippen LogP contribution in [0, 0.1) is 17.7 Å². The summed E-state index contributed by atoms with van der Waals surface area (Å²) in [5.74, 6) is 1.59. The molecular weight excluding hydrogens is 307 g/mol. The van der Waals surface area contributed by atoms with E-state index >= 15 is 0 Å². The Kier molecular flexibility index (Phi) is 3.58. The van der Waals surface area contributed by atoms with Crippen molar-refractivity contribution < 1.29 is 14.2 Å². The molecule has 1 aliphatic heterocycles. The predicted molar refractivity (Wildman–Crippen MR) is 89.1 cm³/mol. The average molecular weight is 328 g/mol. The molecule has 0 radical (unpaired) electrons. The van der Waals surface area contributed by atoms with Crippen LogP contribution in [0.5, 0.6) is 5.75 Å². The molecule has 1 saturated heterocycles. The summed E-state index contributed by atoms with van der Waals surface area (Å²) in [5, 5.41) is 13.7. The minimum atomic E-state index is -1.07. The number of hydrogen-bond acceptors (Lipinski definition) is 4. The summed E-state index contributed by atoms with van der Waals surface area (Å²) in [7, 11) is 0. The minimum absolute atomic E-state index is 0.240. The molecule has 4 nitrogen and oxygen atoms in total. The van der Waals surface area contributed by atoms with Crippen molar-refractivity contribution in [2.45, 2.75) is 25.6 Å². The Morgan fingerprint density at radius 3 is 2.46 bits per heavy atom. The molecule has 1 aromatic carbocycles. The van der Waals surface area contributed by atoms with Crippen LogP contribution in [0.4, 0.5) is 4.39 Å². The van der Waals surface area contributed by atoms with E-state index in [1.807, 2.05) is 6.07 Å². The number of nitrogens with one attached hydrogen (secondary N) is 1. The quantitative estimate of drug-likeness (QED) is 0.906. The number of pyridine rings is 1. The van der Waals surface area contributed by atoms with Crippen LogP contribution < -0.4 is 10.1 Å². The number of aromatic nitrogens is 1. The van der Waals surface area contributed by atoms with E-state index < -0.39 is 5.60 Å². The van der Waals surface area contributed by atoms with Gasteiger partial charge in [0, 0.05) is 42.6 Å². The fraction of sp³-hybridized carbons (Fsp3) is 0.421. The van der Waals surface area contributed by atoms with E-state index in [0.29, 0.717) is 29.0 Å². The van der Waals surface area contributed by atoms with Crippen LogP contribution in [0.3, 0.4) is 0 Å². The summed E-state index contributed by atoms with van der Waals surface area (Å²) in [4.78, 5) is 4.54. The zero-order chi connectivity index (χ0) is 16.9. The number of fused-ring (bicyclic) bond motifs is 1. The Hall–Kier alpha value is -1.98. The summed E-state index contributed by atoms with van der Waals surface area (Å²) in [5.41, 5.74) is 0.941. The number of nitrogens with zero attached hydrogens (tertiary/aromatic N) is 1. The highest BCUT2D eigenvalue weighted by Gasteiger charge is 2.55. The summed E-state index contributed by atoms with van der Waals surface area (Å²) >= 11 is 0. The van der Waals surface area contributed by atoms with E-state index in [9.17, 15) is 9.50 Å². The predicted octanol–water partition coefficient (Wildman–Crippen LogP) is 2.71. The van der Waals surface area contributed by atoms with Crippen LogP contribution in [-0.4, -0.2) is 29.3 Å². The molecule has 1 unspecified atom stereocenters. The van der Waals surface area contributed by atoms with E-state index in [-0.39, 0.29) is 11.9 Å². The van der Waals surface area contributed by atoms with Gasteiger partial charge in [0.2, 0.25) is 0 Å². The van der Waals surface area contributed by atoms with Gasteiger partial charge in [-0.3, -0.25) is 0 Å². The van der Waals surface area contributed by atoms with Crippen molar-refractivity contribution in [2.75, 3.05) is 13.1 Å². The molecule has 24 heavy (non-hydrogen) atoms. The highest BCUT2D eigenvalue weighted by atomic mass is 19.1. The topological polar surface area (TPSA) is 54.4 Å². The van der Waals surface area contributed by atoms with E-state index in [0.717, 1.165) is 18.7 Å². The lowest BCUT2D eigenvalue weighted by Crippen LogP contribution is -2.21. The summed E-state index contributed by atoms with van der Waals surface area (Å²) < 4.78 is 19.3. The first-order chi connectivity index (χ1) is 11.4. The van der Waals surface area contributed by atoms with Gasteiger partial charge in [-0.2, -0.15) is 0 Å². The molecule has 2 aliphatic rings. The number of hydrogen-bond donors (Lipinski definition) is 2. The molecule has 3 atom stereocenters. The second kappa shape index (κ2) is 5.53. The summed E-state index contributed by atoms with van der Waals surface area (Å²) in [6.45, 7) is 5.40. The molecule has 2 aromatic rings. The Labute approximate surface area is 140 Å².